The minimum absolute atomic E-state index is 0.328. The summed E-state index contributed by atoms with van der Waals surface area (Å²) in [5.41, 5.74) is 0. The Morgan fingerprint density at radius 2 is 2.16 bits per heavy atom. The van der Waals surface area contributed by atoms with E-state index in [-0.39, 0.29) is 5.82 Å². The first-order valence-corrected chi connectivity index (χ1v) is 7.04. The Balaban J connectivity index is 1.72. The van der Waals surface area contributed by atoms with Gasteiger partial charge in [-0.15, -0.1) is 0 Å². The maximum Gasteiger partial charge on any atom is 0.138 e. The van der Waals surface area contributed by atoms with Crippen LogP contribution in [0.5, 0.6) is 5.75 Å². The second kappa shape index (κ2) is 7.08. The zero-order valence-electron chi connectivity index (χ0n) is 11.2. The van der Waals surface area contributed by atoms with Crippen molar-refractivity contribution < 1.29 is 9.13 Å². The van der Waals surface area contributed by atoms with E-state index in [1.165, 1.54) is 25.0 Å². The van der Waals surface area contributed by atoms with E-state index in [1.807, 2.05) is 7.05 Å². The van der Waals surface area contributed by atoms with E-state index in [1.54, 1.807) is 6.07 Å². The Labute approximate surface area is 118 Å². The molecule has 1 heterocycles. The molecule has 3 nitrogen and oxygen atoms in total. The zero-order valence-corrected chi connectivity index (χ0v) is 11.9. The molecule has 0 saturated carbocycles. The first-order chi connectivity index (χ1) is 9.19. The maximum absolute atomic E-state index is 12.9. The van der Waals surface area contributed by atoms with Gasteiger partial charge in [0.05, 0.1) is 5.02 Å². The van der Waals surface area contributed by atoms with Gasteiger partial charge in [-0.2, -0.15) is 0 Å². The quantitative estimate of drug-likeness (QED) is 0.900. The lowest BCUT2D eigenvalue weighted by Gasteiger charge is -2.31. The molecule has 1 aromatic rings. The van der Waals surface area contributed by atoms with Crippen LogP contribution in [0.2, 0.25) is 5.02 Å². The predicted octanol–water partition coefficient (Wildman–Crippen LogP) is 2.54. The van der Waals surface area contributed by atoms with E-state index in [0.29, 0.717) is 23.4 Å². The first-order valence-electron chi connectivity index (χ1n) is 6.66. The fraction of sp³-hybridized carbons (Fsp3) is 0.571. The third kappa shape index (κ3) is 4.34. The highest BCUT2D eigenvalue weighted by atomic mass is 35.5. The van der Waals surface area contributed by atoms with E-state index in [2.05, 4.69) is 10.2 Å². The standard InChI is InChI=1S/C14H20ClFN2O/c1-17-12-4-6-18(7-5-12)8-9-19-14-3-2-11(16)10-13(14)15/h2-3,10,12,17H,4-9H2,1H3. The van der Waals surface area contributed by atoms with Gasteiger partial charge in [0.1, 0.15) is 18.2 Å². The van der Waals surface area contributed by atoms with Crippen LogP contribution < -0.4 is 10.1 Å². The molecule has 0 bridgehead atoms. The van der Waals surface area contributed by atoms with Crippen molar-refractivity contribution in [3.63, 3.8) is 0 Å². The smallest absolute Gasteiger partial charge is 0.138 e. The molecule has 0 aliphatic carbocycles. The molecule has 1 N–H and O–H groups in total. The van der Waals surface area contributed by atoms with E-state index < -0.39 is 0 Å². The van der Waals surface area contributed by atoms with Crippen molar-refractivity contribution in [1.29, 1.82) is 0 Å². The highest BCUT2D eigenvalue weighted by Crippen LogP contribution is 2.24. The number of nitrogens with one attached hydrogen (secondary N) is 1. The second-order valence-corrected chi connectivity index (χ2v) is 5.23. The van der Waals surface area contributed by atoms with E-state index in [4.69, 9.17) is 16.3 Å². The van der Waals surface area contributed by atoms with Crippen LogP contribution in [0.3, 0.4) is 0 Å². The van der Waals surface area contributed by atoms with Crippen molar-refractivity contribution >= 4 is 11.6 Å². The highest BCUT2D eigenvalue weighted by Gasteiger charge is 2.17. The van der Waals surface area contributed by atoms with Gasteiger partial charge in [-0.3, -0.25) is 4.90 Å². The summed E-state index contributed by atoms with van der Waals surface area (Å²) >= 11 is 5.90. The summed E-state index contributed by atoms with van der Waals surface area (Å²) in [7, 11) is 2.01. The summed E-state index contributed by atoms with van der Waals surface area (Å²) in [6, 6.07) is 4.85. The number of likely N-dealkylation sites (tertiary alicyclic amines) is 1. The van der Waals surface area contributed by atoms with E-state index >= 15 is 0 Å². The van der Waals surface area contributed by atoms with E-state index in [9.17, 15) is 4.39 Å². The van der Waals surface area contributed by atoms with Gasteiger partial charge in [0.25, 0.3) is 0 Å². The van der Waals surface area contributed by atoms with Gasteiger partial charge in [0.2, 0.25) is 0 Å². The summed E-state index contributed by atoms with van der Waals surface area (Å²) in [6.07, 6.45) is 2.35. The maximum atomic E-state index is 12.9. The molecule has 19 heavy (non-hydrogen) atoms. The SMILES string of the molecule is CNC1CCN(CCOc2ccc(F)cc2Cl)CC1. The summed E-state index contributed by atoms with van der Waals surface area (Å²) in [5.74, 6) is 0.208. The van der Waals surface area contributed by atoms with Crippen molar-refractivity contribution in [2.45, 2.75) is 18.9 Å². The molecule has 0 amide bonds. The lowest BCUT2D eigenvalue weighted by molar-refractivity contribution is 0.167. The average Bonchev–Trinajstić information content (AvgIpc) is 2.42. The molecule has 0 spiro atoms. The monoisotopic (exact) mass is 286 g/mol. The van der Waals surface area contributed by atoms with Crippen LogP contribution in [-0.4, -0.2) is 44.2 Å². The van der Waals surface area contributed by atoms with Crippen molar-refractivity contribution in [2.24, 2.45) is 0 Å². The van der Waals surface area contributed by atoms with Crippen LogP contribution in [-0.2, 0) is 0 Å². The Kier molecular flexibility index (Phi) is 5.43. The van der Waals surface area contributed by atoms with Gasteiger partial charge in [-0.05, 0) is 51.2 Å². The molecule has 0 radical (unpaired) electrons. The minimum Gasteiger partial charge on any atom is -0.491 e. The molecular formula is C14H20ClFN2O. The van der Waals surface area contributed by atoms with Crippen LogP contribution in [0.4, 0.5) is 4.39 Å². The van der Waals surface area contributed by atoms with Crippen LogP contribution in [0.1, 0.15) is 12.8 Å². The summed E-state index contributed by atoms with van der Waals surface area (Å²) in [4.78, 5) is 2.38. The molecule has 1 aliphatic rings. The molecule has 2 rings (SSSR count). The van der Waals surface area contributed by atoms with Crippen LogP contribution in [0.25, 0.3) is 0 Å². The molecule has 1 aliphatic heterocycles. The van der Waals surface area contributed by atoms with Gasteiger partial charge in [-0.1, -0.05) is 11.6 Å². The molecule has 0 atom stereocenters. The zero-order chi connectivity index (χ0) is 13.7. The fourth-order valence-corrected chi connectivity index (χ4v) is 2.54. The molecular weight excluding hydrogens is 267 g/mol. The molecule has 1 saturated heterocycles. The summed E-state index contributed by atoms with van der Waals surface area (Å²) in [6.45, 7) is 3.64. The van der Waals surface area contributed by atoms with Crippen molar-refractivity contribution in [3.8, 4) is 5.75 Å². The molecule has 1 fully saturated rings. The fourth-order valence-electron chi connectivity index (χ4n) is 2.32. The lowest BCUT2D eigenvalue weighted by atomic mass is 10.1. The summed E-state index contributed by atoms with van der Waals surface area (Å²) in [5, 5.41) is 3.64. The number of piperidine rings is 1. The Morgan fingerprint density at radius 1 is 1.42 bits per heavy atom. The van der Waals surface area contributed by atoms with Crippen molar-refractivity contribution in [1.82, 2.24) is 10.2 Å². The summed E-state index contributed by atoms with van der Waals surface area (Å²) < 4.78 is 18.5. The van der Waals surface area contributed by atoms with Gasteiger partial charge in [-0.25, -0.2) is 4.39 Å². The third-order valence-electron chi connectivity index (χ3n) is 3.55. The predicted molar refractivity (Wildman–Crippen MR) is 75.4 cm³/mol. The Morgan fingerprint density at radius 3 is 2.79 bits per heavy atom. The van der Waals surface area contributed by atoms with Crippen LogP contribution >= 0.6 is 11.6 Å². The number of hydrogen-bond donors (Lipinski definition) is 1. The van der Waals surface area contributed by atoms with Gasteiger partial charge < -0.3 is 10.1 Å². The van der Waals surface area contributed by atoms with Crippen LogP contribution in [0, 0.1) is 5.82 Å². The highest BCUT2D eigenvalue weighted by molar-refractivity contribution is 6.32. The second-order valence-electron chi connectivity index (χ2n) is 4.83. The molecule has 106 valence electrons. The number of rotatable bonds is 5. The van der Waals surface area contributed by atoms with Gasteiger partial charge >= 0.3 is 0 Å². The lowest BCUT2D eigenvalue weighted by Crippen LogP contribution is -2.42. The Hall–Kier alpha value is -0.840. The molecule has 0 aromatic heterocycles. The Bertz CT molecular complexity index is 408. The number of hydrogen-bond acceptors (Lipinski definition) is 3. The third-order valence-corrected chi connectivity index (χ3v) is 3.85. The minimum atomic E-state index is -0.341. The van der Waals surface area contributed by atoms with Gasteiger partial charge in [0.15, 0.2) is 0 Å². The van der Waals surface area contributed by atoms with Crippen LogP contribution in [0.15, 0.2) is 18.2 Å². The largest absolute Gasteiger partial charge is 0.491 e. The average molecular weight is 287 g/mol. The van der Waals surface area contributed by atoms with Crippen molar-refractivity contribution in [2.75, 3.05) is 33.3 Å². The van der Waals surface area contributed by atoms with Crippen molar-refractivity contribution in [3.05, 3.63) is 29.0 Å². The number of ether oxygens (including phenoxy) is 1. The normalized spacial score (nSPS) is 17.6. The van der Waals surface area contributed by atoms with Gasteiger partial charge in [0, 0.05) is 12.6 Å². The molecule has 1 aromatic carbocycles. The molecule has 5 heteroatoms. The number of halogens is 2. The number of benzene rings is 1. The first kappa shape index (κ1) is 14.6. The topological polar surface area (TPSA) is 24.5 Å². The number of nitrogens with zero attached hydrogens (tertiary/aromatic N) is 1. The van der Waals surface area contributed by atoms with E-state index in [0.717, 1.165) is 19.6 Å². The molecule has 0 unspecified atom stereocenters.